The van der Waals surface area contributed by atoms with Crippen LogP contribution in [-0.2, 0) is 9.53 Å². The van der Waals surface area contributed by atoms with Gasteiger partial charge in [0.25, 0.3) is 5.91 Å². The minimum atomic E-state index is -0.235. The van der Waals surface area contributed by atoms with Crippen LogP contribution in [-0.4, -0.2) is 70.1 Å². The van der Waals surface area contributed by atoms with Crippen molar-refractivity contribution in [3.05, 3.63) is 30.6 Å². The van der Waals surface area contributed by atoms with Gasteiger partial charge in [0.05, 0.1) is 18.4 Å². The summed E-state index contributed by atoms with van der Waals surface area (Å²) < 4.78 is 5.06. The molecule has 1 fully saturated rings. The van der Waals surface area contributed by atoms with Gasteiger partial charge in [-0.2, -0.15) is 0 Å². The lowest BCUT2D eigenvalue weighted by atomic mass is 9.99. The van der Waals surface area contributed by atoms with Crippen LogP contribution in [0.2, 0.25) is 0 Å². The van der Waals surface area contributed by atoms with Crippen molar-refractivity contribution < 1.29 is 14.3 Å². The number of nitrogens with zero attached hydrogens (tertiary/aromatic N) is 3. The van der Waals surface area contributed by atoms with Crippen LogP contribution < -0.4 is 10.6 Å². The number of carbonyl (C=O) groups excluding carboxylic acids is 2. The molecule has 0 spiro atoms. The number of nitrogens with one attached hydrogen (secondary N) is 3. The highest BCUT2D eigenvalue weighted by molar-refractivity contribution is 6.04. The van der Waals surface area contributed by atoms with Crippen molar-refractivity contribution in [1.82, 2.24) is 25.2 Å². The summed E-state index contributed by atoms with van der Waals surface area (Å²) >= 11 is 0. The number of aromatic nitrogens is 3. The highest BCUT2D eigenvalue weighted by Crippen LogP contribution is 2.22. The van der Waals surface area contributed by atoms with Gasteiger partial charge in [0.15, 0.2) is 5.65 Å². The van der Waals surface area contributed by atoms with Crippen molar-refractivity contribution in [3.63, 3.8) is 0 Å². The second kappa shape index (κ2) is 9.04. The van der Waals surface area contributed by atoms with Gasteiger partial charge in [-0.3, -0.25) is 9.59 Å². The lowest BCUT2D eigenvalue weighted by Gasteiger charge is -2.37. The first-order valence-corrected chi connectivity index (χ1v) is 9.76. The fourth-order valence-electron chi connectivity index (χ4n) is 3.59. The number of fused-ring (bicyclic) bond motifs is 1. The summed E-state index contributed by atoms with van der Waals surface area (Å²) in [6, 6.07) is 0.116. The third-order valence-corrected chi connectivity index (χ3v) is 5.11. The summed E-state index contributed by atoms with van der Waals surface area (Å²) in [7, 11) is 1.59. The maximum absolute atomic E-state index is 12.6. The van der Waals surface area contributed by atoms with E-state index in [0.717, 1.165) is 12.8 Å². The van der Waals surface area contributed by atoms with Crippen molar-refractivity contribution >= 4 is 28.8 Å². The largest absolute Gasteiger partial charge is 0.383 e. The van der Waals surface area contributed by atoms with E-state index < -0.39 is 0 Å². The maximum Gasteiger partial charge on any atom is 0.255 e. The number of carbonyl (C=O) groups is 2. The molecule has 2 amide bonds. The molecular formula is C20H28N6O3. The Bertz CT molecular complexity index is 895. The summed E-state index contributed by atoms with van der Waals surface area (Å²) in [5.74, 6) is 0.267. The van der Waals surface area contributed by atoms with Gasteiger partial charge < -0.3 is 25.3 Å². The van der Waals surface area contributed by atoms with Crippen molar-refractivity contribution in [2.75, 3.05) is 25.6 Å². The average molecular weight is 400 g/mol. The number of aromatic amines is 1. The molecule has 2 aromatic heterocycles. The number of piperidine rings is 1. The summed E-state index contributed by atoms with van der Waals surface area (Å²) in [5.41, 5.74) is 1.47. The Balaban J connectivity index is 1.75. The van der Waals surface area contributed by atoms with Gasteiger partial charge in [-0.1, -0.05) is 6.58 Å². The Labute approximate surface area is 169 Å². The predicted molar refractivity (Wildman–Crippen MR) is 111 cm³/mol. The molecule has 9 nitrogen and oxygen atoms in total. The van der Waals surface area contributed by atoms with E-state index in [1.807, 2.05) is 18.7 Å². The molecule has 3 heterocycles. The SMILES string of the molecule is C=CC(=O)N1C[C@@H](Nc2cnc3[nH]cc(C(=O)N[C@@H](C)COC)c3n2)CC[C@H]1C. The number of rotatable bonds is 7. The molecule has 3 N–H and O–H groups in total. The Morgan fingerprint density at radius 3 is 3.00 bits per heavy atom. The van der Waals surface area contributed by atoms with Crippen LogP contribution in [0.5, 0.6) is 0 Å². The molecular weight excluding hydrogens is 372 g/mol. The normalized spacial score (nSPS) is 20.3. The van der Waals surface area contributed by atoms with Crippen LogP contribution in [0.4, 0.5) is 5.82 Å². The molecule has 1 aliphatic heterocycles. The van der Waals surface area contributed by atoms with Crippen LogP contribution in [0.3, 0.4) is 0 Å². The first-order chi connectivity index (χ1) is 13.9. The van der Waals surface area contributed by atoms with Gasteiger partial charge in [-0.15, -0.1) is 0 Å². The zero-order valence-corrected chi connectivity index (χ0v) is 17.1. The molecule has 0 unspecified atom stereocenters. The highest BCUT2D eigenvalue weighted by atomic mass is 16.5. The Hall–Kier alpha value is -2.94. The zero-order valence-electron chi connectivity index (χ0n) is 17.1. The molecule has 1 aliphatic rings. The number of ether oxygens (including phenoxy) is 1. The number of likely N-dealkylation sites (tertiary alicyclic amines) is 1. The topological polar surface area (TPSA) is 112 Å². The predicted octanol–water partition coefficient (Wildman–Crippen LogP) is 1.70. The first kappa shape index (κ1) is 20.8. The monoisotopic (exact) mass is 400 g/mol. The summed E-state index contributed by atoms with van der Waals surface area (Å²) in [5, 5.41) is 6.23. The van der Waals surface area contributed by atoms with E-state index in [2.05, 4.69) is 32.2 Å². The number of methoxy groups -OCH3 is 1. The highest BCUT2D eigenvalue weighted by Gasteiger charge is 2.28. The number of hydrogen-bond acceptors (Lipinski definition) is 6. The smallest absolute Gasteiger partial charge is 0.255 e. The van der Waals surface area contributed by atoms with Gasteiger partial charge >= 0.3 is 0 Å². The first-order valence-electron chi connectivity index (χ1n) is 9.76. The molecule has 0 saturated carbocycles. The number of anilines is 1. The van der Waals surface area contributed by atoms with Crippen LogP contribution >= 0.6 is 0 Å². The molecule has 3 atom stereocenters. The third-order valence-electron chi connectivity index (χ3n) is 5.11. The summed E-state index contributed by atoms with van der Waals surface area (Å²) in [6.07, 6.45) is 6.39. The molecule has 3 rings (SSSR count). The van der Waals surface area contributed by atoms with Crippen molar-refractivity contribution in [2.45, 2.75) is 44.8 Å². The minimum absolute atomic E-state index is 0.0554. The summed E-state index contributed by atoms with van der Waals surface area (Å²) in [4.78, 5) is 38.4. The Morgan fingerprint density at radius 2 is 2.28 bits per heavy atom. The van der Waals surface area contributed by atoms with Crippen LogP contribution in [0.25, 0.3) is 11.2 Å². The second-order valence-corrected chi connectivity index (χ2v) is 7.45. The van der Waals surface area contributed by atoms with Crippen molar-refractivity contribution in [1.29, 1.82) is 0 Å². The molecule has 0 bridgehead atoms. The molecule has 1 saturated heterocycles. The Morgan fingerprint density at radius 1 is 1.48 bits per heavy atom. The van der Waals surface area contributed by atoms with Gasteiger partial charge in [0, 0.05) is 38.0 Å². The van der Waals surface area contributed by atoms with Crippen LogP contribution in [0.1, 0.15) is 37.0 Å². The molecule has 2 aromatic rings. The van der Waals surface area contributed by atoms with E-state index in [4.69, 9.17) is 4.74 Å². The second-order valence-electron chi connectivity index (χ2n) is 7.45. The fraction of sp³-hybridized carbons (Fsp3) is 0.500. The minimum Gasteiger partial charge on any atom is -0.383 e. The lowest BCUT2D eigenvalue weighted by Crippen LogP contribution is -2.49. The van der Waals surface area contributed by atoms with E-state index in [1.54, 1.807) is 19.5 Å². The molecule has 0 aromatic carbocycles. The Kier molecular flexibility index (Phi) is 6.48. The number of amides is 2. The molecule has 0 radical (unpaired) electrons. The zero-order chi connectivity index (χ0) is 21.0. The van der Waals surface area contributed by atoms with E-state index in [0.29, 0.717) is 35.7 Å². The van der Waals surface area contributed by atoms with Crippen LogP contribution in [0, 0.1) is 0 Å². The number of H-pyrrole nitrogens is 1. The van der Waals surface area contributed by atoms with Gasteiger partial charge in [-0.05, 0) is 32.8 Å². The molecule has 29 heavy (non-hydrogen) atoms. The van der Waals surface area contributed by atoms with E-state index in [1.165, 1.54) is 6.08 Å². The van der Waals surface area contributed by atoms with E-state index in [-0.39, 0.29) is 29.9 Å². The standard InChI is InChI=1S/C20H28N6O3/c1-5-17(27)26-10-14(7-6-13(26)3)24-16-9-22-19-18(25-16)15(8-21-19)20(28)23-12(2)11-29-4/h5,8-9,12-14H,1,6-7,10-11H2,2-4H3,(H,21,22)(H,23,28)(H,24,25)/t12-,13+,14-/m0/s1. The van der Waals surface area contributed by atoms with E-state index >= 15 is 0 Å². The third kappa shape index (κ3) is 4.73. The summed E-state index contributed by atoms with van der Waals surface area (Å²) in [6.45, 7) is 8.49. The van der Waals surface area contributed by atoms with Crippen molar-refractivity contribution in [3.8, 4) is 0 Å². The van der Waals surface area contributed by atoms with Crippen LogP contribution in [0.15, 0.2) is 25.0 Å². The number of hydrogen-bond donors (Lipinski definition) is 3. The van der Waals surface area contributed by atoms with Gasteiger partial charge in [0.2, 0.25) is 5.91 Å². The van der Waals surface area contributed by atoms with Gasteiger partial charge in [-0.25, -0.2) is 9.97 Å². The molecule has 156 valence electrons. The fourth-order valence-corrected chi connectivity index (χ4v) is 3.59. The lowest BCUT2D eigenvalue weighted by molar-refractivity contribution is -0.129. The molecule has 0 aliphatic carbocycles. The van der Waals surface area contributed by atoms with E-state index in [9.17, 15) is 9.59 Å². The quantitative estimate of drug-likeness (QED) is 0.610. The maximum atomic E-state index is 12.6. The van der Waals surface area contributed by atoms with Crippen molar-refractivity contribution in [2.24, 2.45) is 0 Å². The average Bonchev–Trinajstić information content (AvgIpc) is 3.12. The van der Waals surface area contributed by atoms with Gasteiger partial charge in [0.1, 0.15) is 11.3 Å². The molecule has 9 heteroatoms.